The smallest absolute Gasteiger partial charge is 0.265 e. The molecule has 0 bridgehead atoms. The summed E-state index contributed by atoms with van der Waals surface area (Å²) in [5, 5.41) is 0. The second kappa shape index (κ2) is 6.19. The molecule has 2 aliphatic rings. The van der Waals surface area contributed by atoms with Gasteiger partial charge < -0.3 is 19.8 Å². The first kappa shape index (κ1) is 17.7. The van der Waals surface area contributed by atoms with Gasteiger partial charge in [-0.3, -0.25) is 9.52 Å². The summed E-state index contributed by atoms with van der Waals surface area (Å²) in [5.41, 5.74) is 5.72. The number of benzene rings is 1. The summed E-state index contributed by atoms with van der Waals surface area (Å²) in [6.07, 6.45) is 6.24. The zero-order valence-corrected chi connectivity index (χ0v) is 15.7. The number of fused-ring (bicyclic) bond motifs is 1. The van der Waals surface area contributed by atoms with E-state index in [1.807, 2.05) is 0 Å². The maximum Gasteiger partial charge on any atom is 0.265 e. The standard InChI is InChI=1S/C18H21N3O5S/c1-21-11-13(10-14(21)17(19)22)27(23,24)20-12-5-6-15-16(9-12)26-18(25-15)7-3-2-4-8-18/h5-6,9-11,20H,2-4,7-8H2,1H3,(H2,19,22). The predicted octanol–water partition coefficient (Wildman–Crippen LogP) is 2.36. The highest BCUT2D eigenvalue weighted by Crippen LogP contribution is 2.46. The predicted molar refractivity (Wildman–Crippen MR) is 98.3 cm³/mol. The molecule has 9 heteroatoms. The van der Waals surface area contributed by atoms with Gasteiger partial charge >= 0.3 is 0 Å². The lowest BCUT2D eigenvalue weighted by Crippen LogP contribution is -2.40. The van der Waals surface area contributed by atoms with Crippen LogP contribution in [0.2, 0.25) is 0 Å². The van der Waals surface area contributed by atoms with Crippen LogP contribution in [0, 0.1) is 0 Å². The highest BCUT2D eigenvalue weighted by molar-refractivity contribution is 7.92. The lowest BCUT2D eigenvalue weighted by Gasteiger charge is -2.31. The summed E-state index contributed by atoms with van der Waals surface area (Å²) in [7, 11) is -2.32. The molecule has 144 valence electrons. The van der Waals surface area contributed by atoms with Crippen LogP contribution in [-0.2, 0) is 17.1 Å². The maximum absolute atomic E-state index is 12.6. The number of sulfonamides is 1. The third kappa shape index (κ3) is 3.23. The van der Waals surface area contributed by atoms with E-state index in [9.17, 15) is 13.2 Å². The van der Waals surface area contributed by atoms with Crippen LogP contribution in [0.3, 0.4) is 0 Å². The molecule has 1 aromatic carbocycles. The summed E-state index contributed by atoms with van der Waals surface area (Å²) >= 11 is 0. The lowest BCUT2D eigenvalue weighted by atomic mass is 9.94. The quantitative estimate of drug-likeness (QED) is 0.831. The Morgan fingerprint density at radius 2 is 1.85 bits per heavy atom. The van der Waals surface area contributed by atoms with Gasteiger partial charge in [0, 0.05) is 32.2 Å². The molecule has 0 unspecified atom stereocenters. The Morgan fingerprint density at radius 1 is 1.15 bits per heavy atom. The number of nitrogens with two attached hydrogens (primary N) is 1. The first-order valence-corrected chi connectivity index (χ1v) is 10.3. The van der Waals surface area contributed by atoms with Crippen LogP contribution >= 0.6 is 0 Å². The van der Waals surface area contributed by atoms with E-state index in [1.165, 1.54) is 23.3 Å². The van der Waals surface area contributed by atoms with E-state index in [4.69, 9.17) is 15.2 Å². The third-order valence-corrected chi connectivity index (χ3v) is 6.29. The average molecular weight is 391 g/mol. The molecule has 0 atom stereocenters. The van der Waals surface area contributed by atoms with Crippen molar-refractivity contribution >= 4 is 21.6 Å². The van der Waals surface area contributed by atoms with E-state index in [-0.39, 0.29) is 10.6 Å². The molecule has 1 spiro atoms. The SMILES string of the molecule is Cn1cc(S(=O)(=O)Nc2ccc3c(c2)OC2(CCCCC2)O3)cc1C(N)=O. The van der Waals surface area contributed by atoms with Crippen LogP contribution in [0.15, 0.2) is 35.4 Å². The number of hydrogen-bond donors (Lipinski definition) is 2. The first-order valence-electron chi connectivity index (χ1n) is 8.79. The van der Waals surface area contributed by atoms with Gasteiger partial charge in [0.2, 0.25) is 0 Å². The molecule has 2 aromatic rings. The van der Waals surface area contributed by atoms with Crippen molar-refractivity contribution in [2.24, 2.45) is 12.8 Å². The minimum atomic E-state index is -3.87. The number of anilines is 1. The van der Waals surface area contributed by atoms with Crippen molar-refractivity contribution < 1.29 is 22.7 Å². The summed E-state index contributed by atoms with van der Waals surface area (Å²) in [6.45, 7) is 0. The number of rotatable bonds is 4. The number of carbonyl (C=O) groups is 1. The zero-order chi connectivity index (χ0) is 19.2. The Balaban J connectivity index is 1.57. The van der Waals surface area contributed by atoms with Crippen molar-refractivity contribution in [2.75, 3.05) is 4.72 Å². The van der Waals surface area contributed by atoms with Crippen LogP contribution < -0.4 is 19.9 Å². The average Bonchev–Trinajstić information content (AvgIpc) is 3.15. The highest BCUT2D eigenvalue weighted by atomic mass is 32.2. The maximum atomic E-state index is 12.6. The molecular weight excluding hydrogens is 370 g/mol. The second-order valence-corrected chi connectivity index (χ2v) is 8.66. The zero-order valence-electron chi connectivity index (χ0n) is 14.9. The van der Waals surface area contributed by atoms with E-state index in [1.54, 1.807) is 25.2 Å². The molecule has 1 fully saturated rings. The Bertz CT molecular complexity index is 1010. The fraction of sp³-hybridized carbons (Fsp3) is 0.389. The summed E-state index contributed by atoms with van der Waals surface area (Å²) in [5.74, 6) is -0.160. The Labute approximate surface area is 157 Å². The first-order chi connectivity index (χ1) is 12.8. The molecule has 0 radical (unpaired) electrons. The molecule has 1 aliphatic heterocycles. The lowest BCUT2D eigenvalue weighted by molar-refractivity contribution is -0.105. The van der Waals surface area contributed by atoms with E-state index in [2.05, 4.69) is 4.72 Å². The molecular formula is C18H21N3O5S. The summed E-state index contributed by atoms with van der Waals surface area (Å²) in [6, 6.07) is 6.19. The van der Waals surface area contributed by atoms with Crippen molar-refractivity contribution in [1.29, 1.82) is 0 Å². The fourth-order valence-corrected chi connectivity index (χ4v) is 4.71. The van der Waals surface area contributed by atoms with Crippen molar-refractivity contribution in [3.8, 4) is 11.5 Å². The number of ether oxygens (including phenoxy) is 2. The second-order valence-electron chi connectivity index (χ2n) is 6.98. The van der Waals surface area contributed by atoms with Crippen molar-refractivity contribution in [3.63, 3.8) is 0 Å². The van der Waals surface area contributed by atoms with E-state index < -0.39 is 21.7 Å². The highest BCUT2D eigenvalue weighted by Gasteiger charge is 2.42. The molecule has 1 saturated carbocycles. The summed E-state index contributed by atoms with van der Waals surface area (Å²) in [4.78, 5) is 11.3. The molecule has 1 amide bonds. The van der Waals surface area contributed by atoms with Gasteiger partial charge in [0.25, 0.3) is 21.7 Å². The third-order valence-electron chi connectivity index (χ3n) is 4.95. The minimum Gasteiger partial charge on any atom is -0.448 e. The topological polar surface area (TPSA) is 113 Å². The number of carbonyl (C=O) groups excluding carboxylic acids is 1. The number of hydrogen-bond acceptors (Lipinski definition) is 5. The normalized spacial score (nSPS) is 17.8. The van der Waals surface area contributed by atoms with Crippen molar-refractivity contribution in [2.45, 2.75) is 42.8 Å². The number of aromatic nitrogens is 1. The molecule has 27 heavy (non-hydrogen) atoms. The molecule has 1 aromatic heterocycles. The van der Waals surface area contributed by atoms with Crippen LogP contribution in [0.25, 0.3) is 0 Å². The van der Waals surface area contributed by atoms with E-state index in [0.717, 1.165) is 25.7 Å². The molecule has 8 nitrogen and oxygen atoms in total. The van der Waals surface area contributed by atoms with Gasteiger partial charge in [0.05, 0.1) is 5.69 Å². The Hall–Kier alpha value is -2.68. The molecule has 3 N–H and O–H groups in total. The number of primary amides is 1. The van der Waals surface area contributed by atoms with Gasteiger partial charge in [0.15, 0.2) is 11.5 Å². The van der Waals surface area contributed by atoms with Crippen LogP contribution in [0.1, 0.15) is 42.6 Å². The van der Waals surface area contributed by atoms with Crippen LogP contribution in [-0.4, -0.2) is 24.7 Å². The van der Waals surface area contributed by atoms with Gasteiger partial charge in [-0.1, -0.05) is 6.42 Å². The van der Waals surface area contributed by atoms with Crippen molar-refractivity contribution in [3.05, 3.63) is 36.2 Å². The molecule has 4 rings (SSSR count). The molecule has 0 saturated heterocycles. The van der Waals surface area contributed by atoms with Gasteiger partial charge in [-0.05, 0) is 31.0 Å². The number of nitrogens with zero attached hydrogens (tertiary/aromatic N) is 1. The van der Waals surface area contributed by atoms with E-state index in [0.29, 0.717) is 17.2 Å². The molecule has 1 aliphatic carbocycles. The molecule has 2 heterocycles. The number of nitrogens with one attached hydrogen (secondary N) is 1. The van der Waals surface area contributed by atoms with Gasteiger partial charge in [0.1, 0.15) is 10.6 Å². The van der Waals surface area contributed by atoms with Gasteiger partial charge in [-0.2, -0.15) is 0 Å². The number of aryl methyl sites for hydroxylation is 1. The van der Waals surface area contributed by atoms with E-state index >= 15 is 0 Å². The van der Waals surface area contributed by atoms with Crippen molar-refractivity contribution in [1.82, 2.24) is 4.57 Å². The Morgan fingerprint density at radius 3 is 2.52 bits per heavy atom. The monoisotopic (exact) mass is 391 g/mol. The Kier molecular flexibility index (Phi) is 4.06. The largest absolute Gasteiger partial charge is 0.448 e. The fourth-order valence-electron chi connectivity index (χ4n) is 3.59. The number of amides is 1. The van der Waals surface area contributed by atoms with Crippen LogP contribution in [0.4, 0.5) is 5.69 Å². The summed E-state index contributed by atoms with van der Waals surface area (Å²) < 4.78 is 41.2. The van der Waals surface area contributed by atoms with Gasteiger partial charge in [-0.25, -0.2) is 8.42 Å². The minimum absolute atomic E-state index is 0.0415. The van der Waals surface area contributed by atoms with Gasteiger partial charge in [-0.15, -0.1) is 0 Å². The van der Waals surface area contributed by atoms with Crippen LogP contribution in [0.5, 0.6) is 11.5 Å².